The Morgan fingerprint density at radius 2 is 2.18 bits per heavy atom. The molecule has 0 aromatic carbocycles. The smallest absolute Gasteiger partial charge is 0.159 e. The van der Waals surface area contributed by atoms with Crippen LogP contribution in [0, 0.1) is 6.92 Å². The summed E-state index contributed by atoms with van der Waals surface area (Å²) in [7, 11) is 0. The minimum atomic E-state index is 0.0957. The molecular formula is C13H21N3O. The second-order valence-electron chi connectivity index (χ2n) is 4.39. The van der Waals surface area contributed by atoms with E-state index in [1.54, 1.807) is 0 Å². The summed E-state index contributed by atoms with van der Waals surface area (Å²) in [5, 5.41) is 3.31. The van der Waals surface area contributed by atoms with Gasteiger partial charge in [-0.05, 0) is 33.1 Å². The number of nitrogens with zero attached hydrogens (tertiary/aromatic N) is 2. The van der Waals surface area contributed by atoms with Crippen molar-refractivity contribution >= 4 is 5.82 Å². The number of aromatic nitrogens is 2. The van der Waals surface area contributed by atoms with Crippen LogP contribution in [0.5, 0.6) is 0 Å². The maximum atomic E-state index is 5.66. The van der Waals surface area contributed by atoms with E-state index in [-0.39, 0.29) is 6.10 Å². The lowest BCUT2D eigenvalue weighted by Gasteiger charge is -2.15. The third-order valence-corrected chi connectivity index (χ3v) is 3.16. The number of rotatable bonds is 4. The van der Waals surface area contributed by atoms with Crippen LogP contribution in [0.4, 0.5) is 5.82 Å². The van der Waals surface area contributed by atoms with E-state index in [1.807, 2.05) is 0 Å². The van der Waals surface area contributed by atoms with Gasteiger partial charge in [-0.15, -0.1) is 0 Å². The van der Waals surface area contributed by atoms with Crippen molar-refractivity contribution in [1.82, 2.24) is 9.97 Å². The summed E-state index contributed by atoms with van der Waals surface area (Å²) >= 11 is 0. The van der Waals surface area contributed by atoms with Crippen molar-refractivity contribution in [3.8, 4) is 0 Å². The molecule has 0 aliphatic carbocycles. The maximum Gasteiger partial charge on any atom is 0.159 e. The summed E-state index contributed by atoms with van der Waals surface area (Å²) in [6.45, 7) is 8.01. The van der Waals surface area contributed by atoms with Crippen LogP contribution < -0.4 is 5.32 Å². The predicted octanol–water partition coefficient (Wildman–Crippen LogP) is 2.63. The molecule has 1 aromatic heterocycles. The van der Waals surface area contributed by atoms with E-state index in [0.717, 1.165) is 55.3 Å². The number of hydrogen-bond donors (Lipinski definition) is 1. The fourth-order valence-electron chi connectivity index (χ4n) is 2.19. The zero-order chi connectivity index (χ0) is 12.3. The molecule has 4 heteroatoms. The van der Waals surface area contributed by atoms with E-state index in [2.05, 4.69) is 36.1 Å². The van der Waals surface area contributed by atoms with Gasteiger partial charge < -0.3 is 10.1 Å². The van der Waals surface area contributed by atoms with Crippen LogP contribution in [0.25, 0.3) is 0 Å². The van der Waals surface area contributed by atoms with Gasteiger partial charge in [0.05, 0.1) is 0 Å². The molecule has 1 fully saturated rings. The molecule has 1 aliphatic rings. The van der Waals surface area contributed by atoms with Gasteiger partial charge in [0.15, 0.2) is 5.82 Å². The first-order chi connectivity index (χ1) is 8.26. The lowest BCUT2D eigenvalue weighted by atomic mass is 10.1. The van der Waals surface area contributed by atoms with Crippen molar-refractivity contribution in [3.05, 3.63) is 17.1 Å². The van der Waals surface area contributed by atoms with Crippen molar-refractivity contribution in [2.75, 3.05) is 18.5 Å². The first-order valence-corrected chi connectivity index (χ1v) is 6.49. The second kappa shape index (κ2) is 5.45. The molecule has 1 N–H and O–H groups in total. The SMILES string of the molecule is CCNc1nc(C2CCCO2)nc(CC)c1C. The molecule has 1 atom stereocenters. The highest BCUT2D eigenvalue weighted by atomic mass is 16.5. The average Bonchev–Trinajstić information content (AvgIpc) is 2.85. The summed E-state index contributed by atoms with van der Waals surface area (Å²) < 4.78 is 5.66. The van der Waals surface area contributed by atoms with E-state index >= 15 is 0 Å². The summed E-state index contributed by atoms with van der Waals surface area (Å²) in [4.78, 5) is 9.24. The van der Waals surface area contributed by atoms with E-state index in [4.69, 9.17) is 4.74 Å². The molecule has 1 aromatic rings. The topological polar surface area (TPSA) is 47.0 Å². The van der Waals surface area contributed by atoms with Gasteiger partial charge in [-0.25, -0.2) is 9.97 Å². The van der Waals surface area contributed by atoms with Gasteiger partial charge in [-0.1, -0.05) is 6.92 Å². The largest absolute Gasteiger partial charge is 0.370 e. The van der Waals surface area contributed by atoms with Crippen LogP contribution in [0.3, 0.4) is 0 Å². The Morgan fingerprint density at radius 3 is 2.76 bits per heavy atom. The van der Waals surface area contributed by atoms with Crippen LogP contribution >= 0.6 is 0 Å². The summed E-state index contributed by atoms with van der Waals surface area (Å²) in [5.41, 5.74) is 2.29. The molecule has 0 bridgehead atoms. The van der Waals surface area contributed by atoms with E-state index in [9.17, 15) is 0 Å². The molecule has 1 unspecified atom stereocenters. The van der Waals surface area contributed by atoms with Crippen molar-refractivity contribution in [2.45, 2.75) is 46.1 Å². The van der Waals surface area contributed by atoms with E-state index in [1.165, 1.54) is 0 Å². The fourth-order valence-corrected chi connectivity index (χ4v) is 2.19. The Balaban J connectivity index is 2.35. The fraction of sp³-hybridized carbons (Fsp3) is 0.692. The number of aryl methyl sites for hydroxylation is 1. The predicted molar refractivity (Wildman–Crippen MR) is 68.2 cm³/mol. The van der Waals surface area contributed by atoms with Gasteiger partial charge in [0.2, 0.25) is 0 Å². The maximum absolute atomic E-state index is 5.66. The lowest BCUT2D eigenvalue weighted by Crippen LogP contribution is -2.12. The monoisotopic (exact) mass is 235 g/mol. The van der Waals surface area contributed by atoms with Gasteiger partial charge in [-0.2, -0.15) is 0 Å². The first kappa shape index (κ1) is 12.3. The lowest BCUT2D eigenvalue weighted by molar-refractivity contribution is 0.105. The Bertz CT molecular complexity index is 386. The molecule has 4 nitrogen and oxygen atoms in total. The Morgan fingerprint density at radius 1 is 1.35 bits per heavy atom. The molecule has 17 heavy (non-hydrogen) atoms. The molecule has 0 amide bonds. The third-order valence-electron chi connectivity index (χ3n) is 3.16. The van der Waals surface area contributed by atoms with Crippen molar-refractivity contribution in [3.63, 3.8) is 0 Å². The minimum Gasteiger partial charge on any atom is -0.370 e. The Labute approximate surface area is 103 Å². The van der Waals surface area contributed by atoms with Gasteiger partial charge in [-0.3, -0.25) is 0 Å². The van der Waals surface area contributed by atoms with Crippen LogP contribution in [-0.4, -0.2) is 23.1 Å². The van der Waals surface area contributed by atoms with Crippen LogP contribution in [-0.2, 0) is 11.2 Å². The second-order valence-corrected chi connectivity index (χ2v) is 4.39. The Kier molecular flexibility index (Phi) is 3.94. The number of hydrogen-bond acceptors (Lipinski definition) is 4. The van der Waals surface area contributed by atoms with Crippen LogP contribution in [0.1, 0.15) is 49.9 Å². The molecule has 0 radical (unpaired) electrons. The zero-order valence-corrected chi connectivity index (χ0v) is 10.9. The highest BCUT2D eigenvalue weighted by Crippen LogP contribution is 2.28. The molecule has 0 saturated carbocycles. The highest BCUT2D eigenvalue weighted by Gasteiger charge is 2.22. The van der Waals surface area contributed by atoms with E-state index in [0.29, 0.717) is 0 Å². The normalized spacial score (nSPS) is 19.6. The molecular weight excluding hydrogens is 214 g/mol. The van der Waals surface area contributed by atoms with Gasteiger partial charge in [0, 0.05) is 24.4 Å². The number of anilines is 1. The van der Waals surface area contributed by atoms with Gasteiger partial charge >= 0.3 is 0 Å². The van der Waals surface area contributed by atoms with Crippen LogP contribution in [0.15, 0.2) is 0 Å². The molecule has 1 aliphatic heterocycles. The first-order valence-electron chi connectivity index (χ1n) is 6.49. The quantitative estimate of drug-likeness (QED) is 0.871. The average molecular weight is 235 g/mol. The van der Waals surface area contributed by atoms with Crippen molar-refractivity contribution in [2.24, 2.45) is 0 Å². The standard InChI is InChI=1S/C13H21N3O/c1-4-10-9(3)12(14-5-2)16-13(15-10)11-7-6-8-17-11/h11H,4-8H2,1-3H3,(H,14,15,16). The summed E-state index contributed by atoms with van der Waals surface area (Å²) in [6, 6.07) is 0. The highest BCUT2D eigenvalue weighted by molar-refractivity contribution is 5.46. The van der Waals surface area contributed by atoms with Crippen molar-refractivity contribution in [1.29, 1.82) is 0 Å². The molecule has 0 spiro atoms. The van der Waals surface area contributed by atoms with Crippen LogP contribution in [0.2, 0.25) is 0 Å². The van der Waals surface area contributed by atoms with Crippen molar-refractivity contribution < 1.29 is 4.74 Å². The third kappa shape index (κ3) is 2.57. The van der Waals surface area contributed by atoms with Gasteiger partial charge in [0.1, 0.15) is 11.9 Å². The molecule has 1 saturated heterocycles. The molecule has 2 rings (SSSR count). The Hall–Kier alpha value is -1.16. The molecule has 2 heterocycles. The number of nitrogens with one attached hydrogen (secondary N) is 1. The zero-order valence-electron chi connectivity index (χ0n) is 10.9. The summed E-state index contributed by atoms with van der Waals surface area (Å²) in [5.74, 6) is 1.81. The number of ether oxygens (including phenoxy) is 1. The molecule has 94 valence electrons. The van der Waals surface area contributed by atoms with Gasteiger partial charge in [0.25, 0.3) is 0 Å². The summed E-state index contributed by atoms with van der Waals surface area (Å²) in [6.07, 6.45) is 3.18. The van der Waals surface area contributed by atoms with E-state index < -0.39 is 0 Å². The minimum absolute atomic E-state index is 0.0957.